The normalized spacial score (nSPS) is 19.6. The molecule has 1 atom stereocenters. The second-order valence-electron chi connectivity index (χ2n) is 7.51. The summed E-state index contributed by atoms with van der Waals surface area (Å²) in [6, 6.07) is 10.7. The molecule has 1 unspecified atom stereocenters. The Labute approximate surface area is 161 Å². The van der Waals surface area contributed by atoms with Crippen LogP contribution in [0.15, 0.2) is 30.3 Å². The summed E-state index contributed by atoms with van der Waals surface area (Å²) in [5.74, 6) is 2.35. The molecule has 2 aromatic rings. The summed E-state index contributed by atoms with van der Waals surface area (Å²) < 4.78 is 5.33. The second kappa shape index (κ2) is 8.67. The Morgan fingerprint density at radius 1 is 1.26 bits per heavy atom. The maximum atomic E-state index is 5.33. The summed E-state index contributed by atoms with van der Waals surface area (Å²) in [7, 11) is 1.71. The summed E-state index contributed by atoms with van der Waals surface area (Å²) in [6.07, 6.45) is 3.56. The van der Waals surface area contributed by atoms with Gasteiger partial charge in [0.05, 0.1) is 12.3 Å². The van der Waals surface area contributed by atoms with E-state index in [1.807, 2.05) is 6.07 Å². The topological polar surface area (TPSA) is 62.3 Å². The lowest BCUT2D eigenvalue weighted by atomic mass is 10.00. The van der Waals surface area contributed by atoms with Gasteiger partial charge in [0, 0.05) is 32.8 Å². The van der Waals surface area contributed by atoms with Gasteiger partial charge in [0.25, 0.3) is 0 Å². The SMILES string of the molecule is COCc1cc(NCC2CCCNC2)nc(N2CCc3ccccc3C2)n1. The highest BCUT2D eigenvalue weighted by atomic mass is 16.5. The molecule has 144 valence electrons. The van der Waals surface area contributed by atoms with Crippen molar-refractivity contribution in [3.63, 3.8) is 0 Å². The highest BCUT2D eigenvalue weighted by Crippen LogP contribution is 2.24. The first-order valence-corrected chi connectivity index (χ1v) is 9.95. The molecule has 2 aliphatic rings. The van der Waals surface area contributed by atoms with E-state index in [1.54, 1.807) is 7.11 Å². The van der Waals surface area contributed by atoms with Crippen molar-refractivity contribution >= 4 is 11.8 Å². The molecule has 0 aliphatic carbocycles. The zero-order valence-corrected chi connectivity index (χ0v) is 16.1. The number of hydrogen-bond donors (Lipinski definition) is 2. The maximum Gasteiger partial charge on any atom is 0.227 e. The molecule has 4 rings (SSSR count). The number of hydrogen-bond acceptors (Lipinski definition) is 6. The lowest BCUT2D eigenvalue weighted by molar-refractivity contribution is 0.181. The molecule has 0 bridgehead atoms. The number of nitrogens with one attached hydrogen (secondary N) is 2. The van der Waals surface area contributed by atoms with Gasteiger partial charge < -0.3 is 20.3 Å². The van der Waals surface area contributed by atoms with Crippen molar-refractivity contribution in [3.05, 3.63) is 47.2 Å². The monoisotopic (exact) mass is 367 g/mol. The predicted molar refractivity (Wildman–Crippen MR) is 108 cm³/mol. The van der Waals surface area contributed by atoms with Crippen molar-refractivity contribution in [2.75, 3.05) is 43.5 Å². The van der Waals surface area contributed by atoms with Gasteiger partial charge in [-0.05, 0) is 49.4 Å². The minimum absolute atomic E-state index is 0.500. The minimum atomic E-state index is 0.500. The van der Waals surface area contributed by atoms with Crippen LogP contribution < -0.4 is 15.5 Å². The summed E-state index contributed by atoms with van der Waals surface area (Å²) in [4.78, 5) is 11.8. The molecule has 1 saturated heterocycles. The zero-order valence-electron chi connectivity index (χ0n) is 16.1. The van der Waals surface area contributed by atoms with E-state index in [2.05, 4.69) is 39.8 Å². The predicted octanol–water partition coefficient (Wildman–Crippen LogP) is 2.60. The number of piperidine rings is 1. The molecule has 3 heterocycles. The molecule has 1 aromatic carbocycles. The lowest BCUT2D eigenvalue weighted by Gasteiger charge is -2.29. The van der Waals surface area contributed by atoms with Gasteiger partial charge in [-0.3, -0.25) is 0 Å². The molecular weight excluding hydrogens is 338 g/mol. The third-order valence-electron chi connectivity index (χ3n) is 5.44. The number of nitrogens with zero attached hydrogens (tertiary/aromatic N) is 3. The fourth-order valence-corrected chi connectivity index (χ4v) is 3.95. The molecule has 1 aromatic heterocycles. The van der Waals surface area contributed by atoms with Crippen molar-refractivity contribution in [1.82, 2.24) is 15.3 Å². The number of fused-ring (bicyclic) bond motifs is 1. The Kier molecular flexibility index (Phi) is 5.84. The molecular formula is C21H29N5O. The van der Waals surface area contributed by atoms with E-state index in [0.717, 1.165) is 56.6 Å². The Morgan fingerprint density at radius 3 is 2.96 bits per heavy atom. The summed E-state index contributed by atoms with van der Waals surface area (Å²) in [6.45, 7) is 5.47. The first-order chi connectivity index (χ1) is 13.3. The first kappa shape index (κ1) is 18.2. The van der Waals surface area contributed by atoms with E-state index in [9.17, 15) is 0 Å². The molecule has 6 nitrogen and oxygen atoms in total. The fourth-order valence-electron chi connectivity index (χ4n) is 3.95. The van der Waals surface area contributed by atoms with Crippen LogP contribution >= 0.6 is 0 Å². The van der Waals surface area contributed by atoms with Crippen molar-refractivity contribution < 1.29 is 4.74 Å². The number of benzene rings is 1. The Bertz CT molecular complexity index is 760. The Morgan fingerprint density at radius 2 is 2.15 bits per heavy atom. The average Bonchev–Trinajstić information content (AvgIpc) is 2.73. The fraction of sp³-hybridized carbons (Fsp3) is 0.524. The van der Waals surface area contributed by atoms with Gasteiger partial charge >= 0.3 is 0 Å². The second-order valence-corrected chi connectivity index (χ2v) is 7.51. The van der Waals surface area contributed by atoms with Crippen LogP contribution in [0.5, 0.6) is 0 Å². The smallest absolute Gasteiger partial charge is 0.227 e. The standard InChI is InChI=1S/C21H29N5O/c1-27-15-19-11-20(23-13-16-5-4-9-22-12-16)25-21(24-19)26-10-8-17-6-2-3-7-18(17)14-26/h2-3,6-7,11,16,22H,4-5,8-10,12-15H2,1H3,(H,23,24,25). The van der Waals surface area contributed by atoms with E-state index >= 15 is 0 Å². The van der Waals surface area contributed by atoms with Crippen molar-refractivity contribution in [2.45, 2.75) is 32.4 Å². The van der Waals surface area contributed by atoms with E-state index in [1.165, 1.54) is 24.0 Å². The number of ether oxygens (including phenoxy) is 1. The number of anilines is 2. The van der Waals surface area contributed by atoms with Gasteiger partial charge in [-0.2, -0.15) is 4.98 Å². The van der Waals surface area contributed by atoms with Crippen molar-refractivity contribution in [1.29, 1.82) is 0 Å². The largest absolute Gasteiger partial charge is 0.378 e. The van der Waals surface area contributed by atoms with Crippen LogP contribution in [-0.2, 0) is 24.3 Å². The minimum Gasteiger partial charge on any atom is -0.378 e. The molecule has 0 spiro atoms. The third-order valence-corrected chi connectivity index (χ3v) is 5.44. The van der Waals surface area contributed by atoms with Gasteiger partial charge in [-0.25, -0.2) is 4.98 Å². The molecule has 6 heteroatoms. The molecule has 0 amide bonds. The van der Waals surface area contributed by atoms with E-state index < -0.39 is 0 Å². The van der Waals surface area contributed by atoms with Crippen molar-refractivity contribution in [2.24, 2.45) is 5.92 Å². The van der Waals surface area contributed by atoms with E-state index in [4.69, 9.17) is 14.7 Å². The summed E-state index contributed by atoms with van der Waals surface area (Å²) >= 11 is 0. The highest BCUT2D eigenvalue weighted by molar-refractivity contribution is 5.46. The van der Waals surface area contributed by atoms with Crippen LogP contribution in [0, 0.1) is 5.92 Å². The number of rotatable bonds is 6. The molecule has 0 radical (unpaired) electrons. The van der Waals surface area contributed by atoms with E-state index in [-0.39, 0.29) is 0 Å². The molecule has 1 fully saturated rings. The molecule has 2 aliphatic heterocycles. The van der Waals surface area contributed by atoms with Crippen molar-refractivity contribution in [3.8, 4) is 0 Å². The average molecular weight is 367 g/mol. The van der Waals surface area contributed by atoms with Gasteiger partial charge in [0.1, 0.15) is 5.82 Å². The number of methoxy groups -OCH3 is 1. The van der Waals surface area contributed by atoms with Crippen LogP contribution in [0.1, 0.15) is 29.7 Å². The van der Waals surface area contributed by atoms with Crippen LogP contribution in [0.2, 0.25) is 0 Å². The molecule has 2 N–H and O–H groups in total. The first-order valence-electron chi connectivity index (χ1n) is 9.95. The van der Waals surface area contributed by atoms with Gasteiger partial charge in [-0.1, -0.05) is 24.3 Å². The highest BCUT2D eigenvalue weighted by Gasteiger charge is 2.20. The zero-order chi connectivity index (χ0) is 18.5. The van der Waals surface area contributed by atoms with Gasteiger partial charge in [-0.15, -0.1) is 0 Å². The molecule has 0 saturated carbocycles. The summed E-state index contributed by atoms with van der Waals surface area (Å²) in [5, 5.41) is 7.01. The van der Waals surface area contributed by atoms with Gasteiger partial charge in [0.2, 0.25) is 5.95 Å². The maximum absolute atomic E-state index is 5.33. The Hall–Kier alpha value is -2.18. The molecule has 27 heavy (non-hydrogen) atoms. The van der Waals surface area contributed by atoms with Crippen LogP contribution in [0.3, 0.4) is 0 Å². The van der Waals surface area contributed by atoms with Crippen LogP contribution in [-0.4, -0.2) is 43.3 Å². The Balaban J connectivity index is 1.50. The van der Waals surface area contributed by atoms with Gasteiger partial charge in [0.15, 0.2) is 0 Å². The summed E-state index contributed by atoms with van der Waals surface area (Å²) in [5.41, 5.74) is 3.72. The van der Waals surface area contributed by atoms with Crippen LogP contribution in [0.4, 0.5) is 11.8 Å². The van der Waals surface area contributed by atoms with E-state index in [0.29, 0.717) is 12.5 Å². The quantitative estimate of drug-likeness (QED) is 0.818. The third kappa shape index (κ3) is 4.57. The van der Waals surface area contributed by atoms with Crippen LogP contribution in [0.25, 0.3) is 0 Å². The number of aromatic nitrogens is 2. The lowest BCUT2D eigenvalue weighted by Crippen LogP contribution is -2.34.